The predicted octanol–water partition coefficient (Wildman–Crippen LogP) is 3.09. The van der Waals surface area contributed by atoms with E-state index < -0.39 is 0 Å². The smallest absolute Gasteiger partial charge is 0.219 e. The first-order valence-corrected chi connectivity index (χ1v) is 8.91. The van der Waals surface area contributed by atoms with Gasteiger partial charge in [0.1, 0.15) is 19.0 Å². The number of H-pyrrole nitrogens is 1. The van der Waals surface area contributed by atoms with E-state index in [0.717, 1.165) is 60.7 Å². The molecule has 2 heterocycles. The second kappa shape index (κ2) is 8.55. The van der Waals surface area contributed by atoms with E-state index in [0.29, 0.717) is 19.6 Å². The first kappa shape index (κ1) is 17.3. The van der Waals surface area contributed by atoms with Crippen molar-refractivity contribution >= 4 is 5.91 Å². The predicted molar refractivity (Wildman–Crippen MR) is 95.9 cm³/mol. The van der Waals surface area contributed by atoms with Crippen LogP contribution >= 0.6 is 0 Å². The van der Waals surface area contributed by atoms with Crippen LogP contribution in [0.15, 0.2) is 24.4 Å². The molecule has 2 N–H and O–H groups in total. The summed E-state index contributed by atoms with van der Waals surface area (Å²) in [6.07, 6.45) is 7.55. The highest BCUT2D eigenvalue weighted by molar-refractivity contribution is 5.75. The normalized spacial score (nSPS) is 12.8. The molecular weight excluding hydrogens is 318 g/mol. The third-order valence-corrected chi connectivity index (χ3v) is 4.33. The topological polar surface area (TPSA) is 76.2 Å². The van der Waals surface area contributed by atoms with E-state index in [-0.39, 0.29) is 5.91 Å². The number of imidazole rings is 1. The average molecular weight is 343 g/mol. The molecule has 0 bridgehead atoms. The fourth-order valence-electron chi connectivity index (χ4n) is 2.97. The molecular formula is C19H25N3O3. The summed E-state index contributed by atoms with van der Waals surface area (Å²) in [6.45, 7) is 1.16. The maximum Gasteiger partial charge on any atom is 0.219 e. The van der Waals surface area contributed by atoms with Gasteiger partial charge in [-0.15, -0.1) is 0 Å². The molecule has 1 aliphatic rings. The van der Waals surface area contributed by atoms with Crippen molar-refractivity contribution in [3.8, 4) is 22.8 Å². The summed E-state index contributed by atoms with van der Waals surface area (Å²) < 4.78 is 11.4. The fraction of sp³-hybridized carbons (Fsp3) is 0.474. The number of aryl methyl sites for hydroxylation is 1. The van der Waals surface area contributed by atoms with Gasteiger partial charge in [0, 0.05) is 25.5 Å². The molecule has 0 aliphatic carbocycles. The van der Waals surface area contributed by atoms with Gasteiger partial charge < -0.3 is 19.8 Å². The Morgan fingerprint density at radius 1 is 1.20 bits per heavy atom. The Balaban J connectivity index is 1.51. The van der Waals surface area contributed by atoms with E-state index in [2.05, 4.69) is 15.3 Å². The van der Waals surface area contributed by atoms with E-state index in [1.165, 1.54) is 0 Å². The lowest BCUT2D eigenvalue weighted by Crippen LogP contribution is -2.16. The number of carbonyl (C=O) groups is 1. The lowest BCUT2D eigenvalue weighted by Gasteiger charge is -2.20. The molecule has 1 aromatic heterocycles. The van der Waals surface area contributed by atoms with Crippen LogP contribution in [0, 0.1) is 0 Å². The van der Waals surface area contributed by atoms with E-state index in [1.807, 2.05) is 24.4 Å². The SMILES string of the molecule is CNC(=O)CCCCCCc1ncc(-c2cccc3c2OCCO3)[nH]1. The van der Waals surface area contributed by atoms with Gasteiger partial charge in [0.05, 0.1) is 11.9 Å². The highest BCUT2D eigenvalue weighted by atomic mass is 16.6. The van der Waals surface area contributed by atoms with Crippen molar-refractivity contribution in [3.05, 3.63) is 30.2 Å². The van der Waals surface area contributed by atoms with Crippen molar-refractivity contribution < 1.29 is 14.3 Å². The quantitative estimate of drug-likeness (QED) is 0.722. The summed E-state index contributed by atoms with van der Waals surface area (Å²) in [7, 11) is 1.68. The van der Waals surface area contributed by atoms with Crippen molar-refractivity contribution in [1.29, 1.82) is 0 Å². The summed E-state index contributed by atoms with van der Waals surface area (Å²) in [5.41, 5.74) is 1.94. The van der Waals surface area contributed by atoms with E-state index in [1.54, 1.807) is 7.05 Å². The zero-order valence-corrected chi connectivity index (χ0v) is 14.6. The monoisotopic (exact) mass is 343 g/mol. The molecule has 2 aromatic rings. The second-order valence-corrected chi connectivity index (χ2v) is 6.16. The molecule has 25 heavy (non-hydrogen) atoms. The van der Waals surface area contributed by atoms with Gasteiger partial charge in [0.15, 0.2) is 11.5 Å². The average Bonchev–Trinajstić information content (AvgIpc) is 3.12. The molecule has 1 aliphatic heterocycles. The van der Waals surface area contributed by atoms with Crippen molar-refractivity contribution in [2.75, 3.05) is 20.3 Å². The number of aromatic nitrogens is 2. The lowest BCUT2D eigenvalue weighted by atomic mass is 10.1. The molecule has 1 aromatic carbocycles. The van der Waals surface area contributed by atoms with Gasteiger partial charge in [-0.25, -0.2) is 4.98 Å². The van der Waals surface area contributed by atoms with Crippen LogP contribution < -0.4 is 14.8 Å². The zero-order chi connectivity index (χ0) is 17.5. The molecule has 6 heteroatoms. The van der Waals surface area contributed by atoms with E-state index in [9.17, 15) is 4.79 Å². The molecule has 0 unspecified atom stereocenters. The standard InChI is InChI=1S/C19H25N3O3/c1-20-18(23)10-5-3-2-4-9-17-21-13-15(22-17)14-7-6-8-16-19(14)25-12-11-24-16/h6-8,13H,2-5,9-12H2,1H3,(H,20,23)(H,21,22). The number of hydrogen-bond acceptors (Lipinski definition) is 4. The summed E-state index contributed by atoms with van der Waals surface area (Å²) >= 11 is 0. The van der Waals surface area contributed by atoms with Gasteiger partial charge in [0.25, 0.3) is 0 Å². The number of benzene rings is 1. The highest BCUT2D eigenvalue weighted by Gasteiger charge is 2.17. The third kappa shape index (κ3) is 4.53. The number of rotatable bonds is 8. The van der Waals surface area contributed by atoms with Crippen LogP contribution in [0.3, 0.4) is 0 Å². The zero-order valence-electron chi connectivity index (χ0n) is 14.6. The Morgan fingerprint density at radius 2 is 2.04 bits per heavy atom. The third-order valence-electron chi connectivity index (χ3n) is 4.33. The maximum absolute atomic E-state index is 11.2. The number of unbranched alkanes of at least 4 members (excludes halogenated alkanes) is 3. The van der Waals surface area contributed by atoms with Crippen molar-refractivity contribution in [3.63, 3.8) is 0 Å². The largest absolute Gasteiger partial charge is 0.486 e. The molecule has 0 saturated heterocycles. The van der Waals surface area contributed by atoms with Crippen LogP contribution in [0.2, 0.25) is 0 Å². The van der Waals surface area contributed by atoms with Gasteiger partial charge in [-0.2, -0.15) is 0 Å². The van der Waals surface area contributed by atoms with Gasteiger partial charge in [-0.3, -0.25) is 4.79 Å². The Morgan fingerprint density at radius 3 is 2.92 bits per heavy atom. The molecule has 0 radical (unpaired) electrons. The van der Waals surface area contributed by atoms with Gasteiger partial charge in [-0.1, -0.05) is 18.9 Å². The summed E-state index contributed by atoms with van der Waals surface area (Å²) in [6, 6.07) is 5.91. The second-order valence-electron chi connectivity index (χ2n) is 6.16. The molecule has 6 nitrogen and oxygen atoms in total. The van der Waals surface area contributed by atoms with Crippen LogP contribution in [0.1, 0.15) is 37.9 Å². The Kier molecular flexibility index (Phi) is 5.93. The van der Waals surface area contributed by atoms with Crippen molar-refractivity contribution in [2.24, 2.45) is 0 Å². The first-order chi connectivity index (χ1) is 12.3. The lowest BCUT2D eigenvalue weighted by molar-refractivity contribution is -0.120. The minimum atomic E-state index is 0.119. The molecule has 1 amide bonds. The first-order valence-electron chi connectivity index (χ1n) is 8.91. The Bertz CT molecular complexity index is 712. The minimum Gasteiger partial charge on any atom is -0.486 e. The highest BCUT2D eigenvalue weighted by Crippen LogP contribution is 2.39. The molecule has 0 saturated carbocycles. The summed E-state index contributed by atoms with van der Waals surface area (Å²) in [5, 5.41) is 2.65. The summed E-state index contributed by atoms with van der Waals surface area (Å²) in [4.78, 5) is 19.0. The summed E-state index contributed by atoms with van der Waals surface area (Å²) in [5.74, 6) is 2.68. The fourth-order valence-corrected chi connectivity index (χ4v) is 2.97. The number of nitrogens with one attached hydrogen (secondary N) is 2. The van der Waals surface area contributed by atoms with Crippen LogP contribution in [0.4, 0.5) is 0 Å². The molecule has 0 spiro atoms. The van der Waals surface area contributed by atoms with Crippen LogP contribution in [-0.4, -0.2) is 36.1 Å². The molecule has 0 fully saturated rings. The molecule has 3 rings (SSSR count). The molecule has 134 valence electrons. The Labute approximate surface area is 147 Å². The number of nitrogens with zero attached hydrogens (tertiary/aromatic N) is 1. The van der Waals surface area contributed by atoms with Crippen LogP contribution in [0.25, 0.3) is 11.3 Å². The van der Waals surface area contributed by atoms with E-state index >= 15 is 0 Å². The van der Waals surface area contributed by atoms with E-state index in [4.69, 9.17) is 9.47 Å². The van der Waals surface area contributed by atoms with Gasteiger partial charge in [0.2, 0.25) is 5.91 Å². The number of fused-ring (bicyclic) bond motifs is 1. The van der Waals surface area contributed by atoms with Crippen LogP contribution in [-0.2, 0) is 11.2 Å². The number of aromatic amines is 1. The molecule has 0 atom stereocenters. The van der Waals surface area contributed by atoms with Crippen molar-refractivity contribution in [1.82, 2.24) is 15.3 Å². The minimum absolute atomic E-state index is 0.119. The van der Waals surface area contributed by atoms with Gasteiger partial charge >= 0.3 is 0 Å². The number of hydrogen-bond donors (Lipinski definition) is 2. The van der Waals surface area contributed by atoms with Crippen molar-refractivity contribution in [2.45, 2.75) is 38.5 Å². The maximum atomic E-state index is 11.2. The Hall–Kier alpha value is -2.50. The number of amides is 1. The van der Waals surface area contributed by atoms with Gasteiger partial charge in [-0.05, 0) is 25.0 Å². The number of ether oxygens (including phenoxy) is 2. The van der Waals surface area contributed by atoms with Crippen LogP contribution in [0.5, 0.6) is 11.5 Å². The number of carbonyl (C=O) groups excluding carboxylic acids is 1. The number of para-hydroxylation sites is 1.